The van der Waals surface area contributed by atoms with Crippen LogP contribution in [-0.4, -0.2) is 46.6 Å². The molecule has 190 valence electrons. The van der Waals surface area contributed by atoms with Gasteiger partial charge in [0.1, 0.15) is 17.5 Å². The number of pyridine rings is 1. The number of hydrogen-bond donors (Lipinski definition) is 3. The largest absolute Gasteiger partial charge is 0.380 e. The molecule has 36 heavy (non-hydrogen) atoms. The Kier molecular flexibility index (Phi) is 8.27. The molecule has 0 bridgehead atoms. The number of nitrogens with one attached hydrogen (secondary N) is 2. The van der Waals surface area contributed by atoms with Crippen LogP contribution in [0.5, 0.6) is 0 Å². The van der Waals surface area contributed by atoms with Crippen molar-refractivity contribution in [2.24, 2.45) is 5.73 Å². The molecule has 0 radical (unpaired) electrons. The Bertz CT molecular complexity index is 1180. The van der Waals surface area contributed by atoms with Gasteiger partial charge in [0.25, 0.3) is 5.91 Å². The second-order valence-corrected chi connectivity index (χ2v) is 10.4. The molecule has 1 fully saturated rings. The average molecular weight is 513 g/mol. The Labute approximate surface area is 214 Å². The number of rotatable bonds is 9. The van der Waals surface area contributed by atoms with E-state index in [0.717, 1.165) is 37.6 Å². The normalized spacial score (nSPS) is 14.2. The summed E-state index contributed by atoms with van der Waals surface area (Å²) < 4.78 is 30.4. The molecule has 0 atom stereocenters. The molecule has 1 amide bonds. The lowest BCUT2D eigenvalue weighted by atomic mass is 10.1. The Morgan fingerprint density at radius 2 is 1.75 bits per heavy atom. The molecule has 2 aromatic carbocycles. The predicted molar refractivity (Wildman–Crippen MR) is 143 cm³/mol. The molecule has 7 nitrogen and oxygen atoms in total. The van der Waals surface area contributed by atoms with Crippen molar-refractivity contribution in [2.75, 3.05) is 41.7 Å². The number of piperazine rings is 1. The minimum Gasteiger partial charge on any atom is -0.380 e. The van der Waals surface area contributed by atoms with E-state index in [-0.39, 0.29) is 17.7 Å². The number of primary amides is 1. The van der Waals surface area contributed by atoms with Crippen LogP contribution < -0.4 is 21.3 Å². The Hall–Kier alpha value is -3.37. The molecule has 0 unspecified atom stereocenters. The minimum absolute atomic E-state index is 0.126. The van der Waals surface area contributed by atoms with Crippen molar-refractivity contribution < 1.29 is 13.6 Å². The first-order chi connectivity index (χ1) is 17.3. The van der Waals surface area contributed by atoms with Gasteiger partial charge in [0.15, 0.2) is 0 Å². The van der Waals surface area contributed by atoms with Crippen molar-refractivity contribution in [2.45, 2.75) is 25.6 Å². The molecule has 3 aromatic rings. The highest BCUT2D eigenvalue weighted by atomic mass is 32.2. The van der Waals surface area contributed by atoms with Gasteiger partial charge in [-0.25, -0.2) is 18.1 Å². The van der Waals surface area contributed by atoms with Crippen LogP contribution in [0.25, 0.3) is 0 Å². The molecule has 1 aliphatic heterocycles. The molecular weight excluding hydrogens is 482 g/mol. The number of carbonyl (C=O) groups excluding carboxylic acids is 1. The lowest BCUT2D eigenvalue weighted by Gasteiger charge is -2.36. The molecule has 0 spiro atoms. The monoisotopic (exact) mass is 512 g/mol. The highest BCUT2D eigenvalue weighted by Crippen LogP contribution is 2.26. The quantitative estimate of drug-likeness (QED) is 0.348. The summed E-state index contributed by atoms with van der Waals surface area (Å²) in [7, 11) is 0. The predicted octanol–water partition coefficient (Wildman–Crippen LogP) is 4.99. The van der Waals surface area contributed by atoms with E-state index in [1.54, 1.807) is 6.07 Å². The van der Waals surface area contributed by atoms with Gasteiger partial charge in [0.2, 0.25) is 0 Å². The summed E-state index contributed by atoms with van der Waals surface area (Å²) >= 11 is 1.90. The third kappa shape index (κ3) is 6.44. The number of benzene rings is 2. The van der Waals surface area contributed by atoms with Crippen LogP contribution in [0.2, 0.25) is 0 Å². The van der Waals surface area contributed by atoms with Crippen LogP contribution >= 0.6 is 11.9 Å². The number of halogens is 2. The van der Waals surface area contributed by atoms with Crippen molar-refractivity contribution in [1.29, 1.82) is 0 Å². The summed E-state index contributed by atoms with van der Waals surface area (Å²) in [5.41, 5.74) is 7.77. The molecule has 0 saturated carbocycles. The maximum absolute atomic E-state index is 14.0. The van der Waals surface area contributed by atoms with E-state index >= 15 is 0 Å². The number of aromatic nitrogens is 1. The lowest BCUT2D eigenvalue weighted by molar-refractivity contribution is 0.100. The van der Waals surface area contributed by atoms with Gasteiger partial charge in [0, 0.05) is 67.2 Å². The Balaban J connectivity index is 1.42. The van der Waals surface area contributed by atoms with Gasteiger partial charge in [-0.1, -0.05) is 31.9 Å². The molecule has 4 rings (SSSR count). The summed E-state index contributed by atoms with van der Waals surface area (Å²) in [5.74, 6) is -1.57. The molecular formula is C26H30F2N6OS. The summed E-state index contributed by atoms with van der Waals surface area (Å²) in [6.45, 7) is 8.25. The second kappa shape index (κ2) is 11.6. The molecule has 10 heteroatoms. The summed E-state index contributed by atoms with van der Waals surface area (Å²) in [4.78, 5) is 18.5. The first-order valence-corrected chi connectivity index (χ1v) is 12.6. The molecule has 4 N–H and O–H groups in total. The van der Waals surface area contributed by atoms with Crippen LogP contribution in [-0.2, 0) is 6.54 Å². The third-order valence-corrected chi connectivity index (χ3v) is 6.88. The number of carbonyl (C=O) groups is 1. The summed E-state index contributed by atoms with van der Waals surface area (Å²) in [5, 5.41) is 6.71. The molecule has 0 aliphatic carbocycles. The van der Waals surface area contributed by atoms with Crippen LogP contribution in [0, 0.1) is 11.6 Å². The van der Waals surface area contributed by atoms with Crippen LogP contribution in [0.15, 0.2) is 54.7 Å². The van der Waals surface area contributed by atoms with Crippen LogP contribution in [0.1, 0.15) is 29.8 Å². The standard InChI is InChI=1S/C26H30F2N6OS/c1-17(2)36-34-12-10-33(11-13-34)19-8-6-18(7-9-19)32-25-14-24(21(16-31-25)26(29)35)30-15-20-22(27)4-3-5-23(20)28/h3-9,14,16-17H,10-13,15H2,1-2H3,(H2,29,35)(H2,30,31,32). The van der Waals surface area contributed by atoms with Gasteiger partial charge in [-0.15, -0.1) is 0 Å². The van der Waals surface area contributed by atoms with E-state index in [1.807, 2.05) is 24.1 Å². The van der Waals surface area contributed by atoms with Crippen molar-refractivity contribution >= 4 is 40.7 Å². The maximum atomic E-state index is 14.0. The van der Waals surface area contributed by atoms with E-state index in [2.05, 4.69) is 50.8 Å². The zero-order valence-corrected chi connectivity index (χ0v) is 21.1. The Morgan fingerprint density at radius 3 is 2.36 bits per heavy atom. The number of amides is 1. The fraction of sp³-hybridized carbons (Fsp3) is 0.308. The van der Waals surface area contributed by atoms with E-state index in [0.29, 0.717) is 16.8 Å². The van der Waals surface area contributed by atoms with E-state index in [9.17, 15) is 13.6 Å². The van der Waals surface area contributed by atoms with E-state index in [1.165, 1.54) is 24.4 Å². The fourth-order valence-electron chi connectivity index (χ4n) is 4.00. The van der Waals surface area contributed by atoms with Gasteiger partial charge in [-0.2, -0.15) is 0 Å². The van der Waals surface area contributed by atoms with Crippen molar-refractivity contribution in [3.63, 3.8) is 0 Å². The fourth-order valence-corrected chi connectivity index (χ4v) is 4.97. The summed E-state index contributed by atoms with van der Waals surface area (Å²) in [6.07, 6.45) is 1.34. The van der Waals surface area contributed by atoms with Crippen LogP contribution in [0.3, 0.4) is 0 Å². The number of anilines is 4. The van der Waals surface area contributed by atoms with Gasteiger partial charge < -0.3 is 21.3 Å². The SMILES string of the molecule is CC(C)SN1CCN(c2ccc(Nc3cc(NCc4c(F)cccc4F)c(C(N)=O)cn3)cc2)CC1. The first-order valence-electron chi connectivity index (χ1n) is 11.8. The molecule has 2 heterocycles. The zero-order valence-electron chi connectivity index (χ0n) is 20.3. The second-order valence-electron chi connectivity index (χ2n) is 8.78. The van der Waals surface area contributed by atoms with E-state index < -0.39 is 17.5 Å². The van der Waals surface area contributed by atoms with Crippen molar-refractivity contribution in [3.05, 3.63) is 77.5 Å². The minimum atomic E-state index is -0.693. The zero-order chi connectivity index (χ0) is 25.7. The number of nitrogens with zero attached hydrogens (tertiary/aromatic N) is 3. The molecule has 1 aromatic heterocycles. The van der Waals surface area contributed by atoms with Crippen molar-refractivity contribution in [1.82, 2.24) is 9.29 Å². The van der Waals surface area contributed by atoms with Crippen molar-refractivity contribution in [3.8, 4) is 0 Å². The topological polar surface area (TPSA) is 86.5 Å². The number of nitrogens with two attached hydrogens (primary N) is 1. The molecule has 1 aliphatic rings. The Morgan fingerprint density at radius 1 is 1.08 bits per heavy atom. The van der Waals surface area contributed by atoms with Gasteiger partial charge in [-0.05, 0) is 36.4 Å². The van der Waals surface area contributed by atoms with Gasteiger partial charge >= 0.3 is 0 Å². The van der Waals surface area contributed by atoms with Crippen LogP contribution in [0.4, 0.5) is 31.7 Å². The van der Waals surface area contributed by atoms with Gasteiger partial charge in [-0.3, -0.25) is 4.79 Å². The third-order valence-electron chi connectivity index (χ3n) is 5.79. The highest BCUT2D eigenvalue weighted by Gasteiger charge is 2.18. The highest BCUT2D eigenvalue weighted by molar-refractivity contribution is 7.97. The van der Waals surface area contributed by atoms with Gasteiger partial charge in [0.05, 0.1) is 11.3 Å². The maximum Gasteiger partial charge on any atom is 0.252 e. The average Bonchev–Trinajstić information content (AvgIpc) is 2.84. The number of hydrogen-bond acceptors (Lipinski definition) is 7. The summed E-state index contributed by atoms with van der Waals surface area (Å²) in [6, 6.07) is 13.3. The first kappa shape index (κ1) is 25.7. The smallest absolute Gasteiger partial charge is 0.252 e. The lowest BCUT2D eigenvalue weighted by Crippen LogP contribution is -2.43. The van der Waals surface area contributed by atoms with E-state index in [4.69, 9.17) is 5.73 Å². The molecule has 1 saturated heterocycles.